The first-order valence-corrected chi connectivity index (χ1v) is 6.47. The molecule has 2 heterocycles. The SMILES string of the molecule is Nc1nc(C(Cc2ccsc2)[14CH]=O)c([N+](=O)[O-])c(=O)[nH]1. The number of carbonyl (C=O) groups is 1. The highest BCUT2D eigenvalue weighted by Crippen LogP contribution is 2.24. The molecule has 2 aromatic rings. The second-order valence-electron chi connectivity index (χ2n) is 4.02. The molecule has 0 amide bonds. The van der Waals surface area contributed by atoms with Gasteiger partial charge in [0.2, 0.25) is 5.95 Å². The number of hydrogen-bond acceptors (Lipinski definition) is 7. The molecule has 0 aliphatic heterocycles. The number of nitro groups is 1. The smallest absolute Gasteiger partial charge is 0.355 e. The fraction of sp³-hybridized carbons (Fsp3) is 0.182. The van der Waals surface area contributed by atoms with E-state index in [0.29, 0.717) is 6.29 Å². The van der Waals surface area contributed by atoms with Crippen LogP contribution in [0.4, 0.5) is 11.6 Å². The zero-order chi connectivity index (χ0) is 14.7. The molecule has 1 atom stereocenters. The minimum Gasteiger partial charge on any atom is -0.369 e. The van der Waals surface area contributed by atoms with Gasteiger partial charge in [-0.1, -0.05) is 0 Å². The van der Waals surface area contributed by atoms with E-state index in [9.17, 15) is 19.7 Å². The Bertz CT molecular complexity index is 695. The molecule has 0 bridgehead atoms. The maximum Gasteiger partial charge on any atom is 0.355 e. The van der Waals surface area contributed by atoms with Crippen molar-refractivity contribution in [2.24, 2.45) is 0 Å². The van der Waals surface area contributed by atoms with Crippen molar-refractivity contribution in [2.45, 2.75) is 12.3 Å². The van der Waals surface area contributed by atoms with E-state index >= 15 is 0 Å². The maximum absolute atomic E-state index is 11.6. The van der Waals surface area contributed by atoms with Gasteiger partial charge in [-0.2, -0.15) is 11.3 Å². The normalized spacial score (nSPS) is 12.0. The van der Waals surface area contributed by atoms with Gasteiger partial charge in [0.25, 0.3) is 0 Å². The summed E-state index contributed by atoms with van der Waals surface area (Å²) in [6.07, 6.45) is 0.760. The summed E-state index contributed by atoms with van der Waals surface area (Å²) < 4.78 is 0. The summed E-state index contributed by atoms with van der Waals surface area (Å²) in [5.74, 6) is -1.15. The number of H-pyrrole nitrogens is 1. The monoisotopic (exact) mass is 296 g/mol. The van der Waals surface area contributed by atoms with E-state index in [0.717, 1.165) is 5.56 Å². The van der Waals surface area contributed by atoms with E-state index in [4.69, 9.17) is 5.73 Å². The largest absolute Gasteiger partial charge is 0.369 e. The fourth-order valence-electron chi connectivity index (χ4n) is 1.81. The van der Waals surface area contributed by atoms with Gasteiger partial charge in [-0.15, -0.1) is 0 Å². The van der Waals surface area contributed by atoms with Crippen LogP contribution >= 0.6 is 11.3 Å². The third kappa shape index (κ3) is 2.72. The standard InChI is InChI=1S/C11H10N4O4S/c12-11-13-8(9(15(18)19)10(17)14-11)7(4-16)3-6-1-2-20-5-6/h1-2,4-5,7H,3H2,(H3,12,13,14,17)/i4+2. The number of nitrogens with two attached hydrogens (primary N) is 1. The number of nitrogens with zero attached hydrogens (tertiary/aromatic N) is 2. The number of hydrogen-bond donors (Lipinski definition) is 2. The highest BCUT2D eigenvalue weighted by atomic mass is 32.1. The van der Waals surface area contributed by atoms with Gasteiger partial charge in [0.15, 0.2) is 0 Å². The molecule has 0 saturated carbocycles. The Morgan fingerprint density at radius 2 is 2.35 bits per heavy atom. The van der Waals surface area contributed by atoms with Crippen LogP contribution in [0.25, 0.3) is 0 Å². The van der Waals surface area contributed by atoms with Crippen molar-refractivity contribution in [1.29, 1.82) is 0 Å². The van der Waals surface area contributed by atoms with Gasteiger partial charge < -0.3 is 10.5 Å². The van der Waals surface area contributed by atoms with Crippen LogP contribution in [0.3, 0.4) is 0 Å². The van der Waals surface area contributed by atoms with Gasteiger partial charge >= 0.3 is 11.2 Å². The lowest BCUT2D eigenvalue weighted by atomic mass is 10.1. The molecule has 9 heteroatoms. The lowest BCUT2D eigenvalue weighted by Crippen LogP contribution is -2.21. The molecule has 8 nitrogen and oxygen atoms in total. The summed E-state index contributed by atoms with van der Waals surface area (Å²) in [7, 11) is 0. The Balaban J connectivity index is 2.51. The average Bonchev–Trinajstić information content (AvgIpc) is 2.87. The summed E-state index contributed by atoms with van der Waals surface area (Å²) in [4.78, 5) is 38.7. The molecule has 0 radical (unpaired) electrons. The van der Waals surface area contributed by atoms with Crippen LogP contribution in [-0.4, -0.2) is 21.2 Å². The van der Waals surface area contributed by atoms with Gasteiger partial charge in [-0.25, -0.2) is 4.98 Å². The van der Waals surface area contributed by atoms with Crippen LogP contribution in [0.1, 0.15) is 17.2 Å². The van der Waals surface area contributed by atoms with E-state index in [-0.39, 0.29) is 18.1 Å². The summed E-state index contributed by atoms with van der Waals surface area (Å²) in [6, 6.07) is 1.80. The number of anilines is 1. The number of aromatic nitrogens is 2. The van der Waals surface area contributed by atoms with E-state index in [2.05, 4.69) is 9.97 Å². The van der Waals surface area contributed by atoms with E-state index in [1.54, 1.807) is 6.07 Å². The molecular weight excluding hydrogens is 286 g/mol. The van der Waals surface area contributed by atoms with Crippen molar-refractivity contribution in [1.82, 2.24) is 9.97 Å². The summed E-state index contributed by atoms with van der Waals surface area (Å²) >= 11 is 1.44. The Hall–Kier alpha value is -2.55. The molecule has 0 aromatic carbocycles. The number of aromatic amines is 1. The van der Waals surface area contributed by atoms with Gasteiger partial charge in [0.1, 0.15) is 12.0 Å². The maximum atomic E-state index is 11.6. The molecule has 0 saturated heterocycles. The molecule has 0 fully saturated rings. The predicted molar refractivity (Wildman–Crippen MR) is 72.8 cm³/mol. The fourth-order valence-corrected chi connectivity index (χ4v) is 2.49. The minimum atomic E-state index is -0.963. The van der Waals surface area contributed by atoms with Gasteiger partial charge in [-0.3, -0.25) is 19.9 Å². The van der Waals surface area contributed by atoms with Crippen molar-refractivity contribution in [3.05, 3.63) is 48.6 Å². The Kier molecular flexibility index (Phi) is 3.89. The van der Waals surface area contributed by atoms with E-state index in [1.807, 2.05) is 10.8 Å². The first-order valence-electron chi connectivity index (χ1n) is 5.53. The zero-order valence-corrected chi connectivity index (χ0v) is 10.9. The molecule has 0 spiro atoms. The number of rotatable bonds is 5. The molecule has 0 aliphatic rings. The Morgan fingerprint density at radius 1 is 1.60 bits per heavy atom. The van der Waals surface area contributed by atoms with Crippen molar-refractivity contribution < 1.29 is 9.72 Å². The van der Waals surface area contributed by atoms with Crippen LogP contribution in [-0.2, 0) is 11.2 Å². The lowest BCUT2D eigenvalue weighted by molar-refractivity contribution is -0.387. The van der Waals surface area contributed by atoms with Crippen LogP contribution in [0.5, 0.6) is 0 Å². The number of carbonyl (C=O) groups excluding carboxylic acids is 1. The molecule has 104 valence electrons. The summed E-state index contributed by atoms with van der Waals surface area (Å²) in [6.45, 7) is 0. The highest BCUT2D eigenvalue weighted by molar-refractivity contribution is 7.07. The van der Waals surface area contributed by atoms with Crippen LogP contribution < -0.4 is 11.3 Å². The van der Waals surface area contributed by atoms with Gasteiger partial charge in [-0.05, 0) is 28.8 Å². The second-order valence-corrected chi connectivity index (χ2v) is 4.80. The first kappa shape index (κ1) is 13.9. The highest BCUT2D eigenvalue weighted by Gasteiger charge is 2.28. The Labute approximate surface area is 116 Å². The molecule has 3 N–H and O–H groups in total. The summed E-state index contributed by atoms with van der Waals surface area (Å²) in [5.41, 5.74) is 4.31. The van der Waals surface area contributed by atoms with Crippen molar-refractivity contribution in [3.63, 3.8) is 0 Å². The van der Waals surface area contributed by atoms with Crippen LogP contribution in [0.15, 0.2) is 21.6 Å². The van der Waals surface area contributed by atoms with Crippen molar-refractivity contribution >= 4 is 29.3 Å². The van der Waals surface area contributed by atoms with Crippen LogP contribution in [0.2, 0.25) is 0 Å². The van der Waals surface area contributed by atoms with E-state index < -0.39 is 22.1 Å². The number of aldehydes is 1. The quantitative estimate of drug-likeness (QED) is 0.477. The molecule has 0 aliphatic carbocycles. The zero-order valence-electron chi connectivity index (χ0n) is 10.1. The molecule has 1 unspecified atom stereocenters. The average molecular weight is 296 g/mol. The minimum absolute atomic E-state index is 0.211. The van der Waals surface area contributed by atoms with Crippen molar-refractivity contribution in [3.8, 4) is 0 Å². The van der Waals surface area contributed by atoms with Crippen molar-refractivity contribution in [2.75, 3.05) is 5.73 Å². The topological polar surface area (TPSA) is 132 Å². The second kappa shape index (κ2) is 5.61. The third-order valence-electron chi connectivity index (χ3n) is 2.67. The van der Waals surface area contributed by atoms with Gasteiger partial charge in [0, 0.05) is 0 Å². The molecule has 20 heavy (non-hydrogen) atoms. The van der Waals surface area contributed by atoms with Gasteiger partial charge in [0.05, 0.1) is 10.8 Å². The number of thiophene rings is 1. The van der Waals surface area contributed by atoms with Crippen LogP contribution in [0, 0.1) is 10.1 Å². The first-order chi connectivity index (χ1) is 9.52. The predicted octanol–water partition coefficient (Wildman–Crippen LogP) is 0.847. The molecular formula is C11H10N4O4S. The number of nitrogen functional groups attached to an aromatic ring is 1. The molecule has 2 aromatic heterocycles. The molecule has 2 rings (SSSR count). The van der Waals surface area contributed by atoms with E-state index in [1.165, 1.54) is 11.3 Å². The Morgan fingerprint density at radius 3 is 2.90 bits per heavy atom. The number of nitrogens with one attached hydrogen (secondary N) is 1. The lowest BCUT2D eigenvalue weighted by Gasteiger charge is -2.09. The summed E-state index contributed by atoms with van der Waals surface area (Å²) in [5, 5.41) is 14.6. The third-order valence-corrected chi connectivity index (χ3v) is 3.41.